The number of aliphatic hydroxyl groups excluding tert-OH is 1. The minimum absolute atomic E-state index is 0.0532. The van der Waals surface area contributed by atoms with E-state index in [0.717, 1.165) is 5.56 Å². The van der Waals surface area contributed by atoms with E-state index >= 15 is 0 Å². The molecule has 2 aromatic rings. The van der Waals surface area contributed by atoms with E-state index in [1.165, 1.54) is 12.0 Å². The Balaban J connectivity index is 1.66. The number of nitrogens with one attached hydrogen (secondary N) is 1. The Morgan fingerprint density at radius 3 is 2.59 bits per heavy atom. The zero-order valence-electron chi connectivity index (χ0n) is 15.0. The summed E-state index contributed by atoms with van der Waals surface area (Å²) in [6.45, 7) is 0.157. The van der Waals surface area contributed by atoms with E-state index in [1.54, 1.807) is 24.3 Å². The molecule has 1 fully saturated rings. The summed E-state index contributed by atoms with van der Waals surface area (Å²) in [6.07, 6.45) is -1.25. The molecule has 2 atom stereocenters. The average molecular weight is 370 g/mol. The molecule has 142 valence electrons. The van der Waals surface area contributed by atoms with Gasteiger partial charge in [-0.2, -0.15) is 0 Å². The SMILES string of the molecule is COc1ccccc1NC(=O)[C@@H]1C[C@@H](O)CN1C(=O)OCc1ccccc1. The van der Waals surface area contributed by atoms with E-state index in [2.05, 4.69) is 5.32 Å². The molecule has 3 rings (SSSR count). The van der Waals surface area contributed by atoms with E-state index in [9.17, 15) is 14.7 Å². The molecule has 0 bridgehead atoms. The Labute approximate surface area is 157 Å². The van der Waals surface area contributed by atoms with Crippen molar-refractivity contribution in [2.75, 3.05) is 19.0 Å². The lowest BCUT2D eigenvalue weighted by Crippen LogP contribution is -2.43. The van der Waals surface area contributed by atoms with Crippen LogP contribution in [-0.4, -0.2) is 47.8 Å². The number of amides is 2. The van der Waals surface area contributed by atoms with Crippen molar-refractivity contribution in [3.63, 3.8) is 0 Å². The molecule has 0 radical (unpaired) electrons. The lowest BCUT2D eigenvalue weighted by Gasteiger charge is -2.23. The van der Waals surface area contributed by atoms with Crippen molar-refractivity contribution < 1.29 is 24.2 Å². The number of aliphatic hydroxyl groups is 1. The van der Waals surface area contributed by atoms with Crippen LogP contribution in [0.5, 0.6) is 5.75 Å². The molecular formula is C20H22N2O5. The molecule has 7 nitrogen and oxygen atoms in total. The normalized spacial score (nSPS) is 18.8. The van der Waals surface area contributed by atoms with Crippen molar-refractivity contribution in [2.24, 2.45) is 0 Å². The highest BCUT2D eigenvalue weighted by Crippen LogP contribution is 2.26. The number of nitrogens with zero attached hydrogens (tertiary/aromatic N) is 1. The molecule has 0 aromatic heterocycles. The van der Waals surface area contributed by atoms with Crippen molar-refractivity contribution in [3.8, 4) is 5.75 Å². The maximum absolute atomic E-state index is 12.7. The monoisotopic (exact) mass is 370 g/mol. The van der Waals surface area contributed by atoms with Gasteiger partial charge in [-0.05, 0) is 17.7 Å². The number of likely N-dealkylation sites (tertiary alicyclic amines) is 1. The first-order valence-electron chi connectivity index (χ1n) is 8.67. The van der Waals surface area contributed by atoms with Crippen molar-refractivity contribution in [2.45, 2.75) is 25.2 Å². The smallest absolute Gasteiger partial charge is 0.410 e. The summed E-state index contributed by atoms with van der Waals surface area (Å²) in [4.78, 5) is 26.4. The first-order chi connectivity index (χ1) is 13.1. The van der Waals surface area contributed by atoms with Crippen LogP contribution in [0.25, 0.3) is 0 Å². The van der Waals surface area contributed by atoms with Gasteiger partial charge in [0.1, 0.15) is 18.4 Å². The molecule has 1 aliphatic rings. The molecule has 1 heterocycles. The second-order valence-corrected chi connectivity index (χ2v) is 6.29. The molecule has 2 N–H and O–H groups in total. The van der Waals surface area contributed by atoms with Gasteiger partial charge >= 0.3 is 6.09 Å². The largest absolute Gasteiger partial charge is 0.495 e. The number of anilines is 1. The summed E-state index contributed by atoms with van der Waals surface area (Å²) in [5.74, 6) is 0.121. The first kappa shape index (κ1) is 18.7. The van der Waals surface area contributed by atoms with Gasteiger partial charge in [0.2, 0.25) is 5.91 Å². The number of β-amino-alcohol motifs (C(OH)–C–C–N with tert-alkyl or cyclic N) is 1. The van der Waals surface area contributed by atoms with Crippen LogP contribution in [0.3, 0.4) is 0 Å². The Kier molecular flexibility index (Phi) is 5.93. The van der Waals surface area contributed by atoms with Crippen LogP contribution >= 0.6 is 0 Å². The minimum atomic E-state index is -0.812. The minimum Gasteiger partial charge on any atom is -0.495 e. The Hall–Kier alpha value is -3.06. The number of methoxy groups -OCH3 is 1. The second kappa shape index (κ2) is 8.55. The summed E-state index contributed by atoms with van der Waals surface area (Å²) in [7, 11) is 1.51. The summed E-state index contributed by atoms with van der Waals surface area (Å²) >= 11 is 0. The first-order valence-corrected chi connectivity index (χ1v) is 8.67. The van der Waals surface area contributed by atoms with Gasteiger partial charge in [0.15, 0.2) is 0 Å². The lowest BCUT2D eigenvalue weighted by molar-refractivity contribution is -0.120. The number of para-hydroxylation sites is 2. The third-order valence-electron chi connectivity index (χ3n) is 4.39. The van der Waals surface area contributed by atoms with Crippen molar-refractivity contribution in [3.05, 3.63) is 60.2 Å². The van der Waals surface area contributed by atoms with Gasteiger partial charge in [-0.25, -0.2) is 4.79 Å². The molecule has 1 saturated heterocycles. The maximum atomic E-state index is 12.7. The number of ether oxygens (including phenoxy) is 2. The molecule has 2 aromatic carbocycles. The van der Waals surface area contributed by atoms with Gasteiger partial charge in [-0.1, -0.05) is 42.5 Å². The maximum Gasteiger partial charge on any atom is 0.410 e. The second-order valence-electron chi connectivity index (χ2n) is 6.29. The van der Waals surface area contributed by atoms with Crippen molar-refractivity contribution in [1.29, 1.82) is 0 Å². The molecule has 27 heavy (non-hydrogen) atoms. The quantitative estimate of drug-likeness (QED) is 0.844. The van der Waals surface area contributed by atoms with Crippen molar-refractivity contribution >= 4 is 17.7 Å². The molecule has 1 aliphatic heterocycles. The average Bonchev–Trinajstić information content (AvgIpc) is 3.09. The van der Waals surface area contributed by atoms with Crippen LogP contribution in [0.4, 0.5) is 10.5 Å². The zero-order chi connectivity index (χ0) is 19.2. The fraction of sp³-hybridized carbons (Fsp3) is 0.300. The highest BCUT2D eigenvalue weighted by atomic mass is 16.6. The van der Waals surface area contributed by atoms with Crippen LogP contribution < -0.4 is 10.1 Å². The van der Waals surface area contributed by atoms with E-state index in [-0.39, 0.29) is 19.6 Å². The molecule has 7 heteroatoms. The Morgan fingerprint density at radius 2 is 1.85 bits per heavy atom. The standard InChI is InChI=1S/C20H22N2O5/c1-26-18-10-6-5-9-16(18)21-19(24)17-11-15(23)12-22(17)20(25)27-13-14-7-3-2-4-8-14/h2-10,15,17,23H,11-13H2,1H3,(H,21,24)/t15-,17+/m1/s1. The zero-order valence-corrected chi connectivity index (χ0v) is 15.0. The van der Waals surface area contributed by atoms with Crippen LogP contribution in [0, 0.1) is 0 Å². The Morgan fingerprint density at radius 1 is 1.15 bits per heavy atom. The molecule has 2 amide bonds. The molecular weight excluding hydrogens is 348 g/mol. The fourth-order valence-corrected chi connectivity index (χ4v) is 3.03. The lowest BCUT2D eigenvalue weighted by atomic mass is 10.2. The van der Waals surface area contributed by atoms with Crippen LogP contribution in [0.1, 0.15) is 12.0 Å². The van der Waals surface area contributed by atoms with E-state index in [1.807, 2.05) is 30.3 Å². The summed E-state index contributed by atoms with van der Waals surface area (Å²) in [6, 6.07) is 15.5. The van der Waals surface area contributed by atoms with Gasteiger partial charge in [0, 0.05) is 6.42 Å². The number of benzene rings is 2. The molecule has 0 spiro atoms. The predicted octanol–water partition coefficient (Wildman–Crippen LogP) is 2.41. The molecule has 0 saturated carbocycles. The fourth-order valence-electron chi connectivity index (χ4n) is 3.03. The number of carbonyl (C=O) groups is 2. The van der Waals surface area contributed by atoms with E-state index < -0.39 is 24.1 Å². The van der Waals surface area contributed by atoms with Crippen LogP contribution in [-0.2, 0) is 16.1 Å². The summed E-state index contributed by atoms with van der Waals surface area (Å²) in [5.41, 5.74) is 1.35. The molecule has 0 unspecified atom stereocenters. The summed E-state index contributed by atoms with van der Waals surface area (Å²) < 4.78 is 10.5. The third-order valence-corrected chi connectivity index (χ3v) is 4.39. The van der Waals surface area contributed by atoms with E-state index in [4.69, 9.17) is 9.47 Å². The van der Waals surface area contributed by atoms with Crippen molar-refractivity contribution in [1.82, 2.24) is 4.90 Å². The third kappa shape index (κ3) is 4.57. The van der Waals surface area contributed by atoms with Crippen LogP contribution in [0.2, 0.25) is 0 Å². The highest BCUT2D eigenvalue weighted by molar-refractivity contribution is 5.98. The predicted molar refractivity (Wildman–Crippen MR) is 99.4 cm³/mol. The number of hydrogen-bond donors (Lipinski definition) is 2. The van der Waals surface area contributed by atoms with Crippen LogP contribution in [0.15, 0.2) is 54.6 Å². The Bertz CT molecular complexity index is 796. The van der Waals surface area contributed by atoms with Gasteiger partial charge < -0.3 is 19.9 Å². The number of carbonyl (C=O) groups excluding carboxylic acids is 2. The molecule has 0 aliphatic carbocycles. The highest BCUT2D eigenvalue weighted by Gasteiger charge is 2.40. The van der Waals surface area contributed by atoms with Gasteiger partial charge in [0.05, 0.1) is 25.4 Å². The summed E-state index contributed by atoms with van der Waals surface area (Å²) in [5, 5.41) is 12.7. The van der Waals surface area contributed by atoms with Gasteiger partial charge in [-0.15, -0.1) is 0 Å². The van der Waals surface area contributed by atoms with Gasteiger partial charge in [-0.3, -0.25) is 9.69 Å². The number of rotatable bonds is 5. The van der Waals surface area contributed by atoms with E-state index in [0.29, 0.717) is 11.4 Å². The number of hydrogen-bond acceptors (Lipinski definition) is 5. The topological polar surface area (TPSA) is 88.1 Å². The van der Waals surface area contributed by atoms with Gasteiger partial charge in [0.25, 0.3) is 0 Å².